The maximum absolute atomic E-state index is 10.3. The number of hydrogen-bond acceptors (Lipinski definition) is 3. The van der Waals surface area contributed by atoms with Gasteiger partial charge in [-0.05, 0) is 50.7 Å². The quantitative estimate of drug-likeness (QED) is 0.716. The zero-order valence-corrected chi connectivity index (χ0v) is 15.4. The Kier molecular flexibility index (Phi) is 4.22. The molecule has 0 amide bonds. The molecule has 2 aromatic carbocycles. The standard InChI is InChI=1S/C18H20BClO2S/c1-17(2,21)18(3,4)22-19-15-13(20)10-9-12-11-7-5-6-8-14(11)23-16(12)15/h5-10,19,21H,1-4H3. The van der Waals surface area contributed by atoms with Gasteiger partial charge in [0.25, 0.3) is 0 Å². The van der Waals surface area contributed by atoms with Crippen molar-refractivity contribution in [3.05, 3.63) is 41.4 Å². The largest absolute Gasteiger partial charge is 0.427 e. The van der Waals surface area contributed by atoms with E-state index in [9.17, 15) is 5.11 Å². The topological polar surface area (TPSA) is 29.5 Å². The summed E-state index contributed by atoms with van der Waals surface area (Å²) in [7, 11) is 0.375. The molecule has 0 radical (unpaired) electrons. The van der Waals surface area contributed by atoms with Crippen LogP contribution in [0.1, 0.15) is 27.7 Å². The fraction of sp³-hybridized carbons (Fsp3) is 0.333. The van der Waals surface area contributed by atoms with Gasteiger partial charge >= 0.3 is 7.48 Å². The molecule has 0 aliphatic carbocycles. The molecule has 3 aromatic rings. The smallest absolute Gasteiger partial charge is 0.312 e. The van der Waals surface area contributed by atoms with Gasteiger partial charge in [-0.1, -0.05) is 35.9 Å². The normalized spacial score (nSPS) is 13.0. The van der Waals surface area contributed by atoms with Crippen LogP contribution < -0.4 is 5.46 Å². The van der Waals surface area contributed by atoms with E-state index in [4.69, 9.17) is 16.3 Å². The van der Waals surface area contributed by atoms with E-state index in [1.807, 2.05) is 26.0 Å². The van der Waals surface area contributed by atoms with Gasteiger partial charge < -0.3 is 9.76 Å². The van der Waals surface area contributed by atoms with Gasteiger partial charge in [0.1, 0.15) is 0 Å². The predicted octanol–water partition coefficient (Wildman–Crippen LogP) is 4.25. The van der Waals surface area contributed by atoms with Crippen LogP contribution in [0.5, 0.6) is 0 Å². The van der Waals surface area contributed by atoms with Crippen molar-refractivity contribution in [2.45, 2.75) is 38.9 Å². The Bertz CT molecular complexity index is 864. The van der Waals surface area contributed by atoms with Crippen molar-refractivity contribution in [2.24, 2.45) is 0 Å². The van der Waals surface area contributed by atoms with Crippen LogP contribution in [0.2, 0.25) is 5.02 Å². The average Bonchev–Trinajstić information content (AvgIpc) is 2.83. The summed E-state index contributed by atoms with van der Waals surface area (Å²) in [5.74, 6) is 0. The molecule has 0 unspecified atom stereocenters. The summed E-state index contributed by atoms with van der Waals surface area (Å²) in [6, 6.07) is 12.4. The third kappa shape index (κ3) is 3.01. The molecule has 0 fully saturated rings. The van der Waals surface area contributed by atoms with Gasteiger partial charge in [-0.2, -0.15) is 0 Å². The molecule has 0 saturated heterocycles. The van der Waals surface area contributed by atoms with E-state index >= 15 is 0 Å². The first kappa shape index (κ1) is 16.8. The SMILES string of the molecule is CC(C)(O)C(C)(C)OBc1c(Cl)ccc2c1sc1ccccc12. The first-order chi connectivity index (χ1) is 10.7. The highest BCUT2D eigenvalue weighted by molar-refractivity contribution is 7.27. The number of thiophene rings is 1. The van der Waals surface area contributed by atoms with Gasteiger partial charge in [0.05, 0.1) is 11.2 Å². The molecule has 23 heavy (non-hydrogen) atoms. The first-order valence-corrected chi connectivity index (χ1v) is 8.85. The fourth-order valence-electron chi connectivity index (χ4n) is 2.38. The minimum absolute atomic E-state index is 0.375. The van der Waals surface area contributed by atoms with Gasteiger partial charge in [0.2, 0.25) is 0 Å². The first-order valence-electron chi connectivity index (χ1n) is 7.66. The Labute approximate surface area is 146 Å². The Balaban J connectivity index is 2.05. The minimum atomic E-state index is -0.937. The van der Waals surface area contributed by atoms with E-state index in [1.54, 1.807) is 25.2 Å². The minimum Gasteiger partial charge on any atom is -0.427 e. The Hall–Kier alpha value is -1.07. The van der Waals surface area contributed by atoms with Crippen LogP contribution in [0.25, 0.3) is 20.2 Å². The zero-order valence-electron chi connectivity index (χ0n) is 13.8. The van der Waals surface area contributed by atoms with Crippen molar-refractivity contribution in [1.82, 2.24) is 0 Å². The summed E-state index contributed by atoms with van der Waals surface area (Å²) >= 11 is 8.17. The lowest BCUT2D eigenvalue weighted by molar-refractivity contribution is -0.0893. The highest BCUT2D eigenvalue weighted by Gasteiger charge is 2.36. The molecule has 120 valence electrons. The van der Waals surface area contributed by atoms with Crippen LogP contribution in [0.4, 0.5) is 0 Å². The van der Waals surface area contributed by atoms with Gasteiger partial charge in [-0.15, -0.1) is 11.3 Å². The fourth-order valence-corrected chi connectivity index (χ4v) is 3.89. The summed E-state index contributed by atoms with van der Waals surface area (Å²) in [6.07, 6.45) is 0. The maximum atomic E-state index is 10.3. The highest BCUT2D eigenvalue weighted by Crippen LogP contribution is 2.34. The van der Waals surface area contributed by atoms with Gasteiger partial charge in [-0.3, -0.25) is 0 Å². The molecule has 0 bridgehead atoms. The van der Waals surface area contributed by atoms with Crippen molar-refractivity contribution < 1.29 is 9.76 Å². The molecule has 5 heteroatoms. The molecular formula is C18H20BClO2S. The summed E-state index contributed by atoms with van der Waals surface area (Å²) in [4.78, 5) is 0. The third-order valence-electron chi connectivity index (χ3n) is 4.64. The zero-order chi connectivity index (χ0) is 16.8. The maximum Gasteiger partial charge on any atom is 0.312 e. The van der Waals surface area contributed by atoms with Crippen LogP contribution in [-0.4, -0.2) is 23.8 Å². The summed E-state index contributed by atoms with van der Waals surface area (Å²) in [5, 5.41) is 13.4. The van der Waals surface area contributed by atoms with Crippen LogP contribution in [0.3, 0.4) is 0 Å². The van der Waals surface area contributed by atoms with E-state index in [0.29, 0.717) is 12.5 Å². The highest BCUT2D eigenvalue weighted by atomic mass is 35.5. The lowest BCUT2D eigenvalue weighted by Crippen LogP contribution is -2.49. The van der Waals surface area contributed by atoms with Crippen LogP contribution >= 0.6 is 22.9 Å². The molecule has 0 aliphatic heterocycles. The third-order valence-corrected chi connectivity index (χ3v) is 6.24. The van der Waals surface area contributed by atoms with Crippen molar-refractivity contribution in [3.8, 4) is 0 Å². The molecule has 2 nitrogen and oxygen atoms in total. The van der Waals surface area contributed by atoms with Crippen LogP contribution in [0, 0.1) is 0 Å². The van der Waals surface area contributed by atoms with Crippen molar-refractivity contribution >= 4 is 56.1 Å². The molecule has 3 rings (SSSR count). The van der Waals surface area contributed by atoms with E-state index in [0.717, 1.165) is 10.2 Å². The van der Waals surface area contributed by atoms with Crippen molar-refractivity contribution in [1.29, 1.82) is 0 Å². The number of hydrogen-bond donors (Lipinski definition) is 1. The molecule has 0 aliphatic rings. The number of benzene rings is 2. The monoisotopic (exact) mass is 346 g/mol. The van der Waals surface area contributed by atoms with E-state index in [-0.39, 0.29) is 0 Å². The lowest BCUT2D eigenvalue weighted by Gasteiger charge is -2.37. The molecule has 1 heterocycles. The van der Waals surface area contributed by atoms with Crippen molar-refractivity contribution in [3.63, 3.8) is 0 Å². The van der Waals surface area contributed by atoms with Crippen LogP contribution in [0.15, 0.2) is 36.4 Å². The van der Waals surface area contributed by atoms with Gasteiger partial charge in [0.15, 0.2) is 0 Å². The van der Waals surface area contributed by atoms with Gasteiger partial charge in [-0.25, -0.2) is 0 Å². The molecule has 1 N–H and O–H groups in total. The average molecular weight is 347 g/mol. The molecule has 1 aromatic heterocycles. The van der Waals surface area contributed by atoms with E-state index in [1.165, 1.54) is 15.5 Å². The Morgan fingerprint density at radius 3 is 2.43 bits per heavy atom. The molecule has 0 spiro atoms. The van der Waals surface area contributed by atoms with Crippen LogP contribution in [-0.2, 0) is 4.65 Å². The number of fused-ring (bicyclic) bond motifs is 3. The number of rotatable bonds is 4. The summed E-state index contributed by atoms with van der Waals surface area (Å²) in [6.45, 7) is 7.31. The second kappa shape index (κ2) is 5.78. The van der Waals surface area contributed by atoms with E-state index < -0.39 is 11.2 Å². The molecule has 0 saturated carbocycles. The Morgan fingerprint density at radius 2 is 1.74 bits per heavy atom. The summed E-state index contributed by atoms with van der Waals surface area (Å²) < 4.78 is 8.44. The summed E-state index contributed by atoms with van der Waals surface area (Å²) in [5.41, 5.74) is -0.620. The number of aliphatic hydroxyl groups is 1. The van der Waals surface area contributed by atoms with E-state index in [2.05, 4.69) is 24.3 Å². The number of halogens is 1. The predicted molar refractivity (Wildman–Crippen MR) is 103 cm³/mol. The second-order valence-corrected chi connectivity index (χ2v) is 8.32. The van der Waals surface area contributed by atoms with Gasteiger partial charge in [0, 0.05) is 19.8 Å². The van der Waals surface area contributed by atoms with Crippen molar-refractivity contribution in [2.75, 3.05) is 0 Å². The molecule has 0 atom stereocenters. The lowest BCUT2D eigenvalue weighted by atomic mass is 9.82. The second-order valence-electron chi connectivity index (χ2n) is 6.86. The Morgan fingerprint density at radius 1 is 1.04 bits per heavy atom. The molecular weight excluding hydrogens is 327 g/mol.